The first-order valence-corrected chi connectivity index (χ1v) is 7.68. The fourth-order valence-corrected chi connectivity index (χ4v) is 2.69. The highest BCUT2D eigenvalue weighted by Crippen LogP contribution is 2.26. The molecule has 3 rings (SSSR count). The third-order valence-electron chi connectivity index (χ3n) is 3.63. The van der Waals surface area contributed by atoms with Gasteiger partial charge < -0.3 is 10.1 Å². The fraction of sp³-hybridized carbons (Fsp3) is 0.111. The van der Waals surface area contributed by atoms with Gasteiger partial charge in [0.1, 0.15) is 11.4 Å². The van der Waals surface area contributed by atoms with Crippen LogP contribution in [0.25, 0.3) is 6.08 Å². The Morgan fingerprint density at radius 1 is 1.17 bits per heavy atom. The predicted molar refractivity (Wildman–Crippen MR) is 91.5 cm³/mol. The zero-order valence-electron chi connectivity index (χ0n) is 13.0. The fourth-order valence-electron chi connectivity index (χ4n) is 2.42. The number of nitrogens with one attached hydrogen (secondary N) is 1. The molecule has 122 valence electrons. The number of hydrogen-bond acceptors (Lipinski definition) is 3. The van der Waals surface area contributed by atoms with Gasteiger partial charge in [-0.1, -0.05) is 48.0 Å². The maximum absolute atomic E-state index is 12.4. The molecule has 6 heteroatoms. The Bertz CT molecular complexity index is 818. The summed E-state index contributed by atoms with van der Waals surface area (Å²) in [5.41, 5.74) is 1.80. The first kappa shape index (κ1) is 16.1. The summed E-state index contributed by atoms with van der Waals surface area (Å²) in [5, 5.41) is 3.03. The number of carbonyl (C=O) groups is 2. The van der Waals surface area contributed by atoms with Crippen molar-refractivity contribution in [3.8, 4) is 5.75 Å². The van der Waals surface area contributed by atoms with E-state index in [2.05, 4.69) is 5.32 Å². The molecule has 5 nitrogen and oxygen atoms in total. The lowest BCUT2D eigenvalue weighted by Crippen LogP contribution is -2.30. The molecule has 0 bridgehead atoms. The molecule has 0 aliphatic carbocycles. The van der Waals surface area contributed by atoms with Crippen molar-refractivity contribution >= 4 is 29.6 Å². The lowest BCUT2D eigenvalue weighted by Gasteiger charge is -2.11. The molecule has 1 heterocycles. The van der Waals surface area contributed by atoms with E-state index in [4.69, 9.17) is 16.3 Å². The molecule has 3 amide bonds. The summed E-state index contributed by atoms with van der Waals surface area (Å²) in [6.07, 6.45) is 1.59. The predicted octanol–water partition coefficient (Wildman–Crippen LogP) is 3.44. The van der Waals surface area contributed by atoms with Crippen LogP contribution in [0.1, 0.15) is 11.1 Å². The van der Waals surface area contributed by atoms with Gasteiger partial charge in [-0.2, -0.15) is 0 Å². The molecule has 1 N–H and O–H groups in total. The summed E-state index contributed by atoms with van der Waals surface area (Å²) in [4.78, 5) is 25.7. The normalized spacial score (nSPS) is 15.8. The van der Waals surface area contributed by atoms with Gasteiger partial charge >= 0.3 is 6.03 Å². The minimum Gasteiger partial charge on any atom is -0.495 e. The summed E-state index contributed by atoms with van der Waals surface area (Å²) < 4.78 is 5.09. The number of benzene rings is 2. The molecule has 0 aromatic heterocycles. The maximum Gasteiger partial charge on any atom is 0.329 e. The van der Waals surface area contributed by atoms with Crippen molar-refractivity contribution in [3.05, 3.63) is 70.4 Å². The average Bonchev–Trinajstić information content (AvgIpc) is 2.84. The van der Waals surface area contributed by atoms with E-state index in [0.29, 0.717) is 16.3 Å². The van der Waals surface area contributed by atoms with E-state index >= 15 is 0 Å². The molecule has 1 fully saturated rings. The number of imide groups is 1. The zero-order chi connectivity index (χ0) is 17.1. The van der Waals surface area contributed by atoms with Crippen molar-refractivity contribution in [1.82, 2.24) is 10.2 Å². The van der Waals surface area contributed by atoms with Crippen LogP contribution in [0.15, 0.2) is 54.2 Å². The standard InChI is InChI=1S/C18H15ClN2O3/c1-24-16-8-7-13(9-14(16)19)10-15-17(22)21(18(23)20-15)11-12-5-3-2-4-6-12/h2-10H,11H2,1H3,(H,20,23)/b15-10-. The van der Waals surface area contributed by atoms with E-state index in [9.17, 15) is 9.59 Å². The van der Waals surface area contributed by atoms with Gasteiger partial charge in [-0.3, -0.25) is 9.69 Å². The van der Waals surface area contributed by atoms with Crippen molar-refractivity contribution in [2.75, 3.05) is 7.11 Å². The van der Waals surface area contributed by atoms with E-state index < -0.39 is 6.03 Å². The van der Waals surface area contributed by atoms with Crippen LogP contribution in [-0.4, -0.2) is 23.9 Å². The number of hydrogen-bond donors (Lipinski definition) is 1. The molecule has 0 unspecified atom stereocenters. The molecule has 2 aromatic carbocycles. The quantitative estimate of drug-likeness (QED) is 0.684. The molecule has 1 saturated heterocycles. The van der Waals surface area contributed by atoms with Gasteiger partial charge in [-0.15, -0.1) is 0 Å². The average molecular weight is 343 g/mol. The van der Waals surface area contributed by atoms with Crippen LogP contribution in [-0.2, 0) is 11.3 Å². The number of nitrogens with zero attached hydrogens (tertiary/aromatic N) is 1. The van der Waals surface area contributed by atoms with Gasteiger partial charge in [-0.05, 0) is 29.3 Å². The van der Waals surface area contributed by atoms with Crippen LogP contribution < -0.4 is 10.1 Å². The van der Waals surface area contributed by atoms with Crippen molar-refractivity contribution in [2.24, 2.45) is 0 Å². The van der Waals surface area contributed by atoms with Crippen LogP contribution in [0.4, 0.5) is 4.79 Å². The van der Waals surface area contributed by atoms with Crippen LogP contribution in [0, 0.1) is 0 Å². The first-order chi connectivity index (χ1) is 11.6. The van der Waals surface area contributed by atoms with Crippen LogP contribution >= 0.6 is 11.6 Å². The number of amides is 3. The second-order valence-electron chi connectivity index (χ2n) is 5.26. The van der Waals surface area contributed by atoms with E-state index in [0.717, 1.165) is 5.56 Å². The largest absolute Gasteiger partial charge is 0.495 e. The van der Waals surface area contributed by atoms with Crippen LogP contribution in [0.3, 0.4) is 0 Å². The summed E-state index contributed by atoms with van der Waals surface area (Å²) in [6, 6.07) is 14.1. The minimum absolute atomic E-state index is 0.220. The van der Waals surface area contributed by atoms with Gasteiger partial charge in [-0.25, -0.2) is 4.79 Å². The monoisotopic (exact) mass is 342 g/mol. The third kappa shape index (κ3) is 3.26. The smallest absolute Gasteiger partial charge is 0.329 e. The Labute approximate surface area is 144 Å². The van der Waals surface area contributed by atoms with Gasteiger partial charge in [0.25, 0.3) is 5.91 Å². The van der Waals surface area contributed by atoms with Gasteiger partial charge in [0.05, 0.1) is 18.7 Å². The highest BCUT2D eigenvalue weighted by Gasteiger charge is 2.33. The van der Waals surface area contributed by atoms with Gasteiger partial charge in [0.2, 0.25) is 0 Å². The zero-order valence-corrected chi connectivity index (χ0v) is 13.7. The number of methoxy groups -OCH3 is 1. The Balaban J connectivity index is 1.82. The lowest BCUT2D eigenvalue weighted by molar-refractivity contribution is -0.123. The summed E-state index contributed by atoms with van der Waals surface area (Å²) in [6.45, 7) is 0.228. The van der Waals surface area contributed by atoms with E-state index in [-0.39, 0.29) is 18.1 Å². The molecular weight excluding hydrogens is 328 g/mol. The van der Waals surface area contributed by atoms with Crippen molar-refractivity contribution < 1.29 is 14.3 Å². The molecule has 24 heavy (non-hydrogen) atoms. The lowest BCUT2D eigenvalue weighted by atomic mass is 10.1. The van der Waals surface area contributed by atoms with Crippen LogP contribution in [0.2, 0.25) is 5.02 Å². The number of halogens is 1. The molecule has 0 spiro atoms. The molecule has 1 aliphatic heterocycles. The highest BCUT2D eigenvalue weighted by atomic mass is 35.5. The summed E-state index contributed by atoms with van der Waals surface area (Å²) >= 11 is 6.08. The van der Waals surface area contributed by atoms with Gasteiger partial charge in [0, 0.05) is 0 Å². The Morgan fingerprint density at radius 2 is 1.92 bits per heavy atom. The van der Waals surface area contributed by atoms with Gasteiger partial charge in [0.15, 0.2) is 0 Å². The van der Waals surface area contributed by atoms with Crippen molar-refractivity contribution in [3.63, 3.8) is 0 Å². The number of urea groups is 1. The van der Waals surface area contributed by atoms with Crippen molar-refractivity contribution in [1.29, 1.82) is 0 Å². The molecular formula is C18H15ClN2O3. The Kier molecular flexibility index (Phi) is 4.53. The summed E-state index contributed by atoms with van der Waals surface area (Å²) in [7, 11) is 1.53. The molecule has 0 atom stereocenters. The topological polar surface area (TPSA) is 58.6 Å². The van der Waals surface area contributed by atoms with E-state index in [1.54, 1.807) is 24.3 Å². The number of carbonyl (C=O) groups excluding carboxylic acids is 2. The molecule has 0 saturated carbocycles. The Morgan fingerprint density at radius 3 is 2.58 bits per heavy atom. The molecule has 2 aromatic rings. The summed E-state index contributed by atoms with van der Waals surface area (Å²) in [5.74, 6) is 0.182. The second kappa shape index (κ2) is 6.76. The van der Waals surface area contributed by atoms with E-state index in [1.807, 2.05) is 30.3 Å². The minimum atomic E-state index is -0.435. The van der Waals surface area contributed by atoms with Crippen molar-refractivity contribution in [2.45, 2.75) is 6.54 Å². The number of rotatable bonds is 4. The molecule has 0 radical (unpaired) electrons. The Hall–Kier alpha value is -2.79. The maximum atomic E-state index is 12.4. The first-order valence-electron chi connectivity index (χ1n) is 7.30. The van der Waals surface area contributed by atoms with E-state index in [1.165, 1.54) is 12.0 Å². The third-order valence-corrected chi connectivity index (χ3v) is 3.93. The second-order valence-corrected chi connectivity index (χ2v) is 5.67. The van der Waals surface area contributed by atoms with Crippen LogP contribution in [0.5, 0.6) is 5.75 Å². The number of ether oxygens (including phenoxy) is 1. The highest BCUT2D eigenvalue weighted by molar-refractivity contribution is 6.32. The molecule has 1 aliphatic rings. The SMILES string of the molecule is COc1ccc(/C=C2\NC(=O)N(Cc3ccccc3)C2=O)cc1Cl.